The monoisotopic (exact) mass is 361 g/mol. The second kappa shape index (κ2) is 8.56. The molecule has 25 heavy (non-hydrogen) atoms. The Bertz CT molecular complexity index is 576. The molecule has 4 nitrogen and oxygen atoms in total. The average Bonchev–Trinajstić information content (AvgIpc) is 2.48. The van der Waals surface area contributed by atoms with E-state index in [4.69, 9.17) is 4.74 Å². The maximum atomic E-state index is 13.3. The molecule has 0 bridgehead atoms. The van der Waals surface area contributed by atoms with Crippen LogP contribution < -0.4 is 5.32 Å². The summed E-state index contributed by atoms with van der Waals surface area (Å²) in [4.78, 5) is 11.8. The van der Waals surface area contributed by atoms with Crippen molar-refractivity contribution >= 4 is 6.09 Å². The van der Waals surface area contributed by atoms with Crippen LogP contribution in [-0.2, 0) is 23.9 Å². The summed E-state index contributed by atoms with van der Waals surface area (Å²) < 4.78 is 45.1. The number of carbonyl (C=O) groups excluding carboxylic acids is 1. The smallest absolute Gasteiger partial charge is 0.416 e. The van der Waals surface area contributed by atoms with Crippen molar-refractivity contribution in [2.75, 3.05) is 6.61 Å². The van der Waals surface area contributed by atoms with Crippen LogP contribution in [0.3, 0.4) is 0 Å². The van der Waals surface area contributed by atoms with Crippen LogP contribution in [0.1, 0.15) is 50.8 Å². The maximum Gasteiger partial charge on any atom is 0.416 e. The zero-order chi connectivity index (χ0) is 19.3. The van der Waals surface area contributed by atoms with Crippen LogP contribution in [0.15, 0.2) is 18.2 Å². The van der Waals surface area contributed by atoms with E-state index in [0.717, 1.165) is 6.07 Å². The van der Waals surface area contributed by atoms with E-state index in [2.05, 4.69) is 5.32 Å². The van der Waals surface area contributed by atoms with Gasteiger partial charge in [-0.2, -0.15) is 13.2 Å². The van der Waals surface area contributed by atoms with E-state index in [1.807, 2.05) is 6.92 Å². The molecule has 1 aromatic carbocycles. The fraction of sp³-hybridized carbons (Fsp3) is 0.611. The molecule has 1 aromatic rings. The van der Waals surface area contributed by atoms with E-state index in [1.165, 1.54) is 6.07 Å². The summed E-state index contributed by atoms with van der Waals surface area (Å²) in [5.41, 5.74) is -1.05. The number of hydrogen-bond donors (Lipinski definition) is 2. The van der Waals surface area contributed by atoms with Crippen molar-refractivity contribution in [3.63, 3.8) is 0 Å². The first-order valence-corrected chi connectivity index (χ1v) is 8.23. The summed E-state index contributed by atoms with van der Waals surface area (Å²) in [5, 5.41) is 11.7. The molecular formula is C18H26F3NO3. The number of benzene rings is 1. The van der Waals surface area contributed by atoms with Crippen LogP contribution >= 0.6 is 0 Å². The first kappa shape index (κ1) is 21.3. The van der Waals surface area contributed by atoms with E-state index in [0.29, 0.717) is 18.4 Å². The normalized spacial score (nSPS) is 13.4. The highest BCUT2D eigenvalue weighted by Gasteiger charge is 2.34. The second-order valence-electron chi connectivity index (χ2n) is 6.96. The van der Waals surface area contributed by atoms with E-state index >= 15 is 0 Å². The van der Waals surface area contributed by atoms with Crippen molar-refractivity contribution in [2.45, 2.75) is 58.9 Å². The highest BCUT2D eigenvalue weighted by atomic mass is 19.4. The van der Waals surface area contributed by atoms with Gasteiger partial charge in [-0.1, -0.05) is 25.5 Å². The largest absolute Gasteiger partial charge is 0.444 e. The molecule has 0 radical (unpaired) electrons. The lowest BCUT2D eigenvalue weighted by molar-refractivity contribution is -0.138. The molecule has 1 unspecified atom stereocenters. The zero-order valence-corrected chi connectivity index (χ0v) is 15.0. The number of halogens is 3. The number of carbonyl (C=O) groups is 1. The number of ether oxygens (including phenoxy) is 1. The average molecular weight is 361 g/mol. The molecule has 0 aliphatic carbocycles. The number of aliphatic hydroxyl groups is 1. The molecule has 7 heteroatoms. The fourth-order valence-corrected chi connectivity index (χ4v) is 2.42. The van der Waals surface area contributed by atoms with Gasteiger partial charge in [-0.05, 0) is 50.3 Å². The molecule has 0 saturated carbocycles. The topological polar surface area (TPSA) is 58.6 Å². The molecule has 0 aromatic heterocycles. The Labute approximate surface area is 146 Å². The molecule has 1 rings (SSSR count). The molecule has 1 amide bonds. The Kier molecular flexibility index (Phi) is 7.29. The van der Waals surface area contributed by atoms with Crippen LogP contribution in [0.4, 0.5) is 18.0 Å². The van der Waals surface area contributed by atoms with Gasteiger partial charge in [-0.15, -0.1) is 0 Å². The van der Waals surface area contributed by atoms with Crippen molar-refractivity contribution in [1.82, 2.24) is 5.32 Å². The van der Waals surface area contributed by atoms with Gasteiger partial charge in [-0.3, -0.25) is 0 Å². The summed E-state index contributed by atoms with van der Waals surface area (Å²) in [5.74, 6) is -0.135. The molecule has 142 valence electrons. The maximum absolute atomic E-state index is 13.3. The Balaban J connectivity index is 3.09. The lowest BCUT2D eigenvalue weighted by atomic mass is 9.91. The van der Waals surface area contributed by atoms with E-state index < -0.39 is 23.4 Å². The lowest BCUT2D eigenvalue weighted by Gasteiger charge is -2.22. The molecular weight excluding hydrogens is 335 g/mol. The molecule has 0 aliphatic heterocycles. The molecule has 0 saturated heterocycles. The Morgan fingerprint density at radius 2 is 1.92 bits per heavy atom. The summed E-state index contributed by atoms with van der Waals surface area (Å²) in [6, 6.07) is 3.94. The third kappa shape index (κ3) is 6.94. The number of rotatable bonds is 6. The molecule has 1 atom stereocenters. The van der Waals surface area contributed by atoms with Gasteiger partial charge in [0.2, 0.25) is 0 Å². The summed E-state index contributed by atoms with van der Waals surface area (Å²) in [6.45, 7) is 6.50. The van der Waals surface area contributed by atoms with Gasteiger partial charge in [0.1, 0.15) is 5.60 Å². The first-order chi connectivity index (χ1) is 11.5. The lowest BCUT2D eigenvalue weighted by Crippen LogP contribution is -2.33. The van der Waals surface area contributed by atoms with Gasteiger partial charge in [0.25, 0.3) is 0 Å². The SMILES string of the molecule is CCC(CO)Cc1cccc(C(F)(F)F)c1CNC(=O)OC(C)(C)C. The predicted octanol–water partition coefficient (Wildman–Crippen LogP) is 4.29. The zero-order valence-electron chi connectivity index (χ0n) is 15.0. The van der Waals surface area contributed by atoms with E-state index in [-0.39, 0.29) is 24.6 Å². The minimum absolute atomic E-state index is 0.00718. The van der Waals surface area contributed by atoms with Crippen molar-refractivity contribution in [3.05, 3.63) is 34.9 Å². The predicted molar refractivity (Wildman–Crippen MR) is 89.1 cm³/mol. The van der Waals surface area contributed by atoms with Crippen LogP contribution in [0, 0.1) is 5.92 Å². The minimum Gasteiger partial charge on any atom is -0.444 e. The van der Waals surface area contributed by atoms with Crippen molar-refractivity contribution < 1.29 is 27.8 Å². The third-order valence-corrected chi connectivity index (χ3v) is 3.73. The van der Waals surface area contributed by atoms with Gasteiger partial charge in [0.15, 0.2) is 0 Å². The molecule has 0 fully saturated rings. The van der Waals surface area contributed by atoms with Gasteiger partial charge in [-0.25, -0.2) is 4.79 Å². The summed E-state index contributed by atoms with van der Waals surface area (Å²) >= 11 is 0. The van der Waals surface area contributed by atoms with Gasteiger partial charge >= 0.3 is 12.3 Å². The standard InChI is InChI=1S/C18H26F3NO3/c1-5-12(11-23)9-13-7-6-8-15(18(19,20)21)14(13)10-22-16(24)25-17(2,3)4/h6-8,12,23H,5,9-11H2,1-4H3,(H,22,24). The van der Waals surface area contributed by atoms with Crippen LogP contribution in [0.2, 0.25) is 0 Å². The Hall–Kier alpha value is -1.76. The highest BCUT2D eigenvalue weighted by molar-refractivity contribution is 5.67. The highest BCUT2D eigenvalue weighted by Crippen LogP contribution is 2.34. The third-order valence-electron chi connectivity index (χ3n) is 3.73. The van der Waals surface area contributed by atoms with Gasteiger partial charge in [0.05, 0.1) is 5.56 Å². The van der Waals surface area contributed by atoms with Crippen LogP contribution in [-0.4, -0.2) is 23.4 Å². The number of alkyl carbamates (subject to hydrolysis) is 1. The van der Waals surface area contributed by atoms with Gasteiger partial charge < -0.3 is 15.2 Å². The van der Waals surface area contributed by atoms with Crippen molar-refractivity contribution in [2.24, 2.45) is 5.92 Å². The first-order valence-electron chi connectivity index (χ1n) is 8.23. The number of hydrogen-bond acceptors (Lipinski definition) is 3. The van der Waals surface area contributed by atoms with Crippen molar-refractivity contribution in [1.29, 1.82) is 0 Å². The van der Waals surface area contributed by atoms with Crippen LogP contribution in [0.25, 0.3) is 0 Å². The number of nitrogens with one attached hydrogen (secondary N) is 1. The van der Waals surface area contributed by atoms with Gasteiger partial charge in [0, 0.05) is 13.2 Å². The minimum atomic E-state index is -4.53. The summed E-state index contributed by atoms with van der Waals surface area (Å²) in [6.07, 6.45) is -4.35. The molecule has 2 N–H and O–H groups in total. The van der Waals surface area contributed by atoms with E-state index in [1.54, 1.807) is 26.8 Å². The molecule has 0 aliphatic rings. The van der Waals surface area contributed by atoms with E-state index in [9.17, 15) is 23.1 Å². The quantitative estimate of drug-likeness (QED) is 0.795. The summed E-state index contributed by atoms with van der Waals surface area (Å²) in [7, 11) is 0. The second-order valence-corrected chi connectivity index (χ2v) is 6.96. The fourth-order valence-electron chi connectivity index (χ4n) is 2.42. The number of alkyl halides is 3. The number of amides is 1. The Morgan fingerprint density at radius 3 is 2.40 bits per heavy atom. The Morgan fingerprint density at radius 1 is 1.28 bits per heavy atom. The van der Waals surface area contributed by atoms with Crippen molar-refractivity contribution in [3.8, 4) is 0 Å². The van der Waals surface area contributed by atoms with Crippen LogP contribution in [0.5, 0.6) is 0 Å². The molecule has 0 heterocycles. The number of aliphatic hydroxyl groups excluding tert-OH is 1. The molecule has 0 spiro atoms.